The second kappa shape index (κ2) is 10.2. The Balaban J connectivity index is 1.20. The lowest BCUT2D eigenvalue weighted by Crippen LogP contribution is -2.52. The van der Waals surface area contributed by atoms with Gasteiger partial charge in [-0.2, -0.15) is 0 Å². The Hall–Kier alpha value is -2.52. The van der Waals surface area contributed by atoms with E-state index in [0.29, 0.717) is 36.6 Å². The van der Waals surface area contributed by atoms with Crippen LogP contribution in [-0.4, -0.2) is 55.2 Å². The number of urea groups is 1. The molecule has 0 bridgehead atoms. The molecule has 9 nitrogen and oxygen atoms in total. The molecule has 3 amide bonds. The average Bonchev–Trinajstić information content (AvgIpc) is 3.46. The molecule has 9 heteroatoms. The molecule has 4 rings (SSSR count). The number of amides is 3. The monoisotopic (exact) mass is 433 g/mol. The van der Waals surface area contributed by atoms with Crippen molar-refractivity contribution in [2.75, 3.05) is 25.3 Å². The van der Waals surface area contributed by atoms with E-state index in [1.165, 1.54) is 0 Å². The van der Waals surface area contributed by atoms with Gasteiger partial charge in [0.05, 0.1) is 18.8 Å². The number of ether oxygens (including phenoxy) is 3. The zero-order valence-electron chi connectivity index (χ0n) is 17.6. The van der Waals surface area contributed by atoms with E-state index in [1.54, 1.807) is 18.2 Å². The molecular weight excluding hydrogens is 402 g/mol. The molecule has 0 spiro atoms. The van der Waals surface area contributed by atoms with Crippen LogP contribution in [0.4, 0.5) is 10.5 Å². The summed E-state index contributed by atoms with van der Waals surface area (Å²) in [6, 6.07) is 4.54. The number of rotatable bonds is 7. The molecular formula is C22H31N3O6. The maximum Gasteiger partial charge on any atom is 0.319 e. The Morgan fingerprint density at radius 1 is 1.06 bits per heavy atom. The van der Waals surface area contributed by atoms with Gasteiger partial charge in [-0.3, -0.25) is 4.79 Å². The van der Waals surface area contributed by atoms with Crippen LogP contribution >= 0.6 is 0 Å². The van der Waals surface area contributed by atoms with Gasteiger partial charge in [0.2, 0.25) is 12.7 Å². The normalized spacial score (nSPS) is 25.3. The van der Waals surface area contributed by atoms with E-state index in [2.05, 4.69) is 16.0 Å². The van der Waals surface area contributed by atoms with Gasteiger partial charge in [0.1, 0.15) is 6.10 Å². The molecule has 1 aromatic rings. The molecule has 2 heterocycles. The van der Waals surface area contributed by atoms with E-state index >= 15 is 0 Å². The quantitative estimate of drug-likeness (QED) is 0.523. The van der Waals surface area contributed by atoms with Crippen molar-refractivity contribution in [3.8, 4) is 11.5 Å². The highest BCUT2D eigenvalue weighted by Crippen LogP contribution is 2.34. The van der Waals surface area contributed by atoms with E-state index in [1.807, 2.05) is 0 Å². The number of carbonyl (C=O) groups excluding carboxylic acids is 2. The summed E-state index contributed by atoms with van der Waals surface area (Å²) in [5, 5.41) is 18.4. The van der Waals surface area contributed by atoms with Crippen LogP contribution in [0.5, 0.6) is 11.5 Å². The number of hydrogen-bond donors (Lipinski definition) is 4. The third kappa shape index (κ3) is 5.59. The predicted molar refractivity (Wildman–Crippen MR) is 113 cm³/mol. The van der Waals surface area contributed by atoms with Crippen molar-refractivity contribution in [1.82, 2.24) is 10.6 Å². The van der Waals surface area contributed by atoms with Crippen LogP contribution in [0.3, 0.4) is 0 Å². The Labute approximate surface area is 181 Å². The van der Waals surface area contributed by atoms with Gasteiger partial charge in [0, 0.05) is 24.2 Å². The summed E-state index contributed by atoms with van der Waals surface area (Å²) in [7, 11) is 0. The largest absolute Gasteiger partial charge is 0.454 e. The second-order valence-corrected chi connectivity index (χ2v) is 8.39. The molecule has 4 N–H and O–H groups in total. The van der Waals surface area contributed by atoms with E-state index in [9.17, 15) is 14.7 Å². The first-order valence-electron chi connectivity index (χ1n) is 11.1. The topological polar surface area (TPSA) is 118 Å². The summed E-state index contributed by atoms with van der Waals surface area (Å²) in [5.41, 5.74) is 0.593. The molecule has 1 saturated carbocycles. The van der Waals surface area contributed by atoms with Crippen molar-refractivity contribution in [2.45, 2.75) is 63.2 Å². The summed E-state index contributed by atoms with van der Waals surface area (Å²) in [5.74, 6) is 1.55. The molecule has 0 aromatic heterocycles. The van der Waals surface area contributed by atoms with Crippen molar-refractivity contribution < 1.29 is 28.9 Å². The van der Waals surface area contributed by atoms with E-state index in [-0.39, 0.29) is 43.4 Å². The van der Waals surface area contributed by atoms with E-state index in [0.717, 1.165) is 32.1 Å². The van der Waals surface area contributed by atoms with Crippen LogP contribution in [0.1, 0.15) is 44.9 Å². The molecule has 1 saturated heterocycles. The van der Waals surface area contributed by atoms with Crippen LogP contribution in [0.25, 0.3) is 0 Å². The van der Waals surface area contributed by atoms with Crippen molar-refractivity contribution in [1.29, 1.82) is 0 Å². The minimum absolute atomic E-state index is 0.0454. The zero-order valence-corrected chi connectivity index (χ0v) is 17.6. The van der Waals surface area contributed by atoms with Crippen LogP contribution in [0.15, 0.2) is 18.2 Å². The van der Waals surface area contributed by atoms with Crippen LogP contribution in [-0.2, 0) is 9.53 Å². The summed E-state index contributed by atoms with van der Waals surface area (Å²) in [4.78, 5) is 24.5. The molecule has 31 heavy (non-hydrogen) atoms. The molecule has 0 radical (unpaired) electrons. The lowest BCUT2D eigenvalue weighted by atomic mass is 9.97. The fraction of sp³-hybridized carbons (Fsp3) is 0.636. The summed E-state index contributed by atoms with van der Waals surface area (Å²) >= 11 is 0. The van der Waals surface area contributed by atoms with Crippen molar-refractivity contribution in [3.05, 3.63) is 18.2 Å². The van der Waals surface area contributed by atoms with Gasteiger partial charge in [0.15, 0.2) is 11.5 Å². The molecule has 1 aromatic carbocycles. The lowest BCUT2D eigenvalue weighted by Gasteiger charge is -2.36. The standard InChI is InChI=1S/C22H31N3O6/c26-12-20-17(25-22(28)24-15-5-8-18-19(11-15)30-13-29-18)7-6-16(31-20)9-10-23-21(27)14-3-1-2-4-14/h5,8,11,14,16-17,20,26H,1-4,6-7,9-10,12-13H2,(H,23,27)(H2,24,25,28)/t16-,17+,20-/m0/s1. The summed E-state index contributed by atoms with van der Waals surface area (Å²) in [6.07, 6.45) is 5.87. The number of fused-ring (bicyclic) bond motifs is 1. The summed E-state index contributed by atoms with van der Waals surface area (Å²) in [6.45, 7) is 0.564. The number of carbonyl (C=O) groups is 2. The first-order chi connectivity index (χ1) is 15.1. The number of hydrogen-bond acceptors (Lipinski definition) is 6. The number of aliphatic hydroxyl groups is 1. The third-order valence-corrected chi connectivity index (χ3v) is 6.23. The highest BCUT2D eigenvalue weighted by molar-refractivity contribution is 5.90. The Morgan fingerprint density at radius 2 is 1.87 bits per heavy atom. The second-order valence-electron chi connectivity index (χ2n) is 8.39. The zero-order chi connectivity index (χ0) is 21.6. The average molecular weight is 434 g/mol. The predicted octanol–water partition coefficient (Wildman–Crippen LogP) is 2.14. The first-order valence-corrected chi connectivity index (χ1v) is 11.1. The molecule has 0 unspecified atom stereocenters. The van der Waals surface area contributed by atoms with Crippen molar-refractivity contribution in [3.63, 3.8) is 0 Å². The molecule has 2 aliphatic heterocycles. The molecule has 3 aliphatic rings. The van der Waals surface area contributed by atoms with E-state index < -0.39 is 6.10 Å². The first kappa shape index (κ1) is 21.7. The van der Waals surface area contributed by atoms with Gasteiger partial charge in [-0.15, -0.1) is 0 Å². The smallest absolute Gasteiger partial charge is 0.319 e. The van der Waals surface area contributed by atoms with Gasteiger partial charge >= 0.3 is 6.03 Å². The van der Waals surface area contributed by atoms with Crippen LogP contribution < -0.4 is 25.4 Å². The Kier molecular flexibility index (Phi) is 7.14. The maximum absolute atomic E-state index is 12.4. The van der Waals surface area contributed by atoms with Crippen LogP contribution in [0.2, 0.25) is 0 Å². The fourth-order valence-electron chi connectivity index (χ4n) is 4.51. The minimum atomic E-state index is -0.480. The Bertz CT molecular complexity index is 783. The number of aliphatic hydroxyl groups excluding tert-OH is 1. The van der Waals surface area contributed by atoms with Gasteiger partial charge in [-0.25, -0.2) is 4.79 Å². The van der Waals surface area contributed by atoms with Gasteiger partial charge in [-0.1, -0.05) is 12.8 Å². The molecule has 170 valence electrons. The molecule has 3 atom stereocenters. The SMILES string of the molecule is O=C(Nc1ccc2c(c1)OCO2)N[C@@H]1CC[C@@H](CCNC(=O)C2CCCC2)O[C@H]1CO. The number of nitrogens with one attached hydrogen (secondary N) is 3. The highest BCUT2D eigenvalue weighted by atomic mass is 16.7. The highest BCUT2D eigenvalue weighted by Gasteiger charge is 2.32. The molecule has 1 aliphatic carbocycles. The lowest BCUT2D eigenvalue weighted by molar-refractivity contribution is -0.125. The number of benzene rings is 1. The molecule has 2 fully saturated rings. The fourth-order valence-corrected chi connectivity index (χ4v) is 4.51. The Morgan fingerprint density at radius 3 is 2.68 bits per heavy atom. The summed E-state index contributed by atoms with van der Waals surface area (Å²) < 4.78 is 16.6. The minimum Gasteiger partial charge on any atom is -0.454 e. The third-order valence-electron chi connectivity index (χ3n) is 6.23. The van der Waals surface area contributed by atoms with Gasteiger partial charge in [-0.05, 0) is 44.2 Å². The number of anilines is 1. The van der Waals surface area contributed by atoms with Crippen LogP contribution in [0, 0.1) is 5.92 Å². The van der Waals surface area contributed by atoms with E-state index in [4.69, 9.17) is 14.2 Å². The van der Waals surface area contributed by atoms with Crippen molar-refractivity contribution in [2.24, 2.45) is 5.92 Å². The van der Waals surface area contributed by atoms with Crippen molar-refractivity contribution >= 4 is 17.6 Å². The maximum atomic E-state index is 12.4. The van der Waals surface area contributed by atoms with Gasteiger partial charge < -0.3 is 35.3 Å². The van der Waals surface area contributed by atoms with Gasteiger partial charge in [0.25, 0.3) is 0 Å².